The molecule has 0 radical (unpaired) electrons. The van der Waals surface area contributed by atoms with Crippen molar-refractivity contribution in [2.45, 2.75) is 17.1 Å². The minimum absolute atomic E-state index is 0.113. The largest absolute Gasteiger partial charge is 0.465 e. The maximum absolute atomic E-state index is 14.0. The number of ether oxygens (including phenoxy) is 1. The maximum Gasteiger partial charge on any atom is 0.341 e. The van der Waals surface area contributed by atoms with Crippen molar-refractivity contribution in [3.8, 4) is 0 Å². The van der Waals surface area contributed by atoms with Crippen molar-refractivity contribution in [1.29, 1.82) is 0 Å². The molecule has 5 rings (SSSR count). The van der Waals surface area contributed by atoms with E-state index in [0.717, 1.165) is 11.3 Å². The third-order valence-electron chi connectivity index (χ3n) is 6.78. The van der Waals surface area contributed by atoms with Crippen LogP contribution in [-0.4, -0.2) is 30.8 Å². The van der Waals surface area contributed by atoms with Gasteiger partial charge in [0, 0.05) is 26.9 Å². The molecule has 1 unspecified atom stereocenters. The van der Waals surface area contributed by atoms with Crippen molar-refractivity contribution in [1.82, 2.24) is 0 Å². The summed E-state index contributed by atoms with van der Waals surface area (Å²) in [6, 6.07) is 31.9. The normalized spacial score (nSPS) is 11.3. The zero-order chi connectivity index (χ0) is 32.6. The molecule has 11 heteroatoms. The van der Waals surface area contributed by atoms with Crippen molar-refractivity contribution in [2.75, 3.05) is 23.1 Å². The zero-order valence-corrected chi connectivity index (χ0v) is 27.1. The highest BCUT2D eigenvalue weighted by Crippen LogP contribution is 2.40. The molecule has 46 heavy (non-hydrogen) atoms. The Morgan fingerprint density at radius 2 is 1.41 bits per heavy atom. The molecule has 0 saturated heterocycles. The third-order valence-corrected chi connectivity index (χ3v) is 9.47. The van der Waals surface area contributed by atoms with Gasteiger partial charge in [0.2, 0.25) is 5.91 Å². The van der Waals surface area contributed by atoms with Gasteiger partial charge in [0.25, 0.3) is 11.8 Å². The molecule has 1 heterocycles. The van der Waals surface area contributed by atoms with Gasteiger partial charge in [-0.05, 0) is 66.6 Å². The first-order chi connectivity index (χ1) is 22.2. The van der Waals surface area contributed by atoms with Gasteiger partial charge < -0.3 is 20.7 Å². The minimum Gasteiger partial charge on any atom is -0.465 e. The van der Waals surface area contributed by atoms with Gasteiger partial charge >= 0.3 is 5.97 Å². The number of anilines is 3. The molecule has 0 spiro atoms. The van der Waals surface area contributed by atoms with Gasteiger partial charge in [0.05, 0.1) is 17.6 Å². The number of carbonyl (C=O) groups excluding carboxylic acids is 4. The predicted molar refractivity (Wildman–Crippen MR) is 184 cm³/mol. The summed E-state index contributed by atoms with van der Waals surface area (Å²) < 4.78 is 5.01. The summed E-state index contributed by atoms with van der Waals surface area (Å²) in [6.07, 6.45) is 0. The number of benzene rings is 4. The van der Waals surface area contributed by atoms with E-state index in [1.165, 1.54) is 18.9 Å². The van der Waals surface area contributed by atoms with Gasteiger partial charge in [-0.15, -0.1) is 23.1 Å². The van der Waals surface area contributed by atoms with Gasteiger partial charge in [-0.1, -0.05) is 72.3 Å². The second kappa shape index (κ2) is 14.9. The number of amides is 3. The van der Waals surface area contributed by atoms with Crippen molar-refractivity contribution in [3.63, 3.8) is 0 Å². The van der Waals surface area contributed by atoms with E-state index in [2.05, 4.69) is 16.0 Å². The molecule has 1 aromatic heterocycles. The molecule has 0 bridgehead atoms. The molecule has 0 saturated carbocycles. The van der Waals surface area contributed by atoms with E-state index in [1.54, 1.807) is 73.7 Å². The fourth-order valence-corrected chi connectivity index (χ4v) is 6.94. The Morgan fingerprint density at radius 1 is 0.761 bits per heavy atom. The molecule has 4 aromatic carbocycles. The average Bonchev–Trinajstić information content (AvgIpc) is 3.39. The summed E-state index contributed by atoms with van der Waals surface area (Å²) in [6.45, 7) is 1.64. The molecule has 3 N–H and O–H groups in total. The highest BCUT2D eigenvalue weighted by atomic mass is 35.5. The van der Waals surface area contributed by atoms with Crippen LogP contribution in [0.5, 0.6) is 0 Å². The fourth-order valence-electron chi connectivity index (χ4n) is 4.57. The van der Waals surface area contributed by atoms with Crippen LogP contribution in [0, 0.1) is 6.92 Å². The zero-order valence-electron chi connectivity index (χ0n) is 24.7. The average molecular weight is 670 g/mol. The molecule has 0 aliphatic rings. The molecular weight excluding hydrogens is 642 g/mol. The smallest absolute Gasteiger partial charge is 0.341 e. The first-order valence-corrected chi connectivity index (χ1v) is 16.1. The molecule has 0 aliphatic heterocycles. The van der Waals surface area contributed by atoms with Crippen LogP contribution >= 0.6 is 34.7 Å². The van der Waals surface area contributed by atoms with Crippen LogP contribution in [0.4, 0.5) is 16.4 Å². The Labute approximate surface area is 279 Å². The number of thioether (sulfide) groups is 1. The van der Waals surface area contributed by atoms with Gasteiger partial charge in [-0.25, -0.2) is 4.79 Å². The number of rotatable bonds is 10. The second-order valence-corrected chi connectivity index (χ2v) is 12.6. The van der Waals surface area contributed by atoms with E-state index in [0.29, 0.717) is 38.0 Å². The number of carbonyl (C=O) groups is 4. The third kappa shape index (κ3) is 7.84. The highest BCUT2D eigenvalue weighted by Gasteiger charge is 2.29. The van der Waals surface area contributed by atoms with Crippen LogP contribution in [0.1, 0.15) is 46.8 Å². The van der Waals surface area contributed by atoms with E-state index in [9.17, 15) is 19.2 Å². The van der Waals surface area contributed by atoms with Crippen LogP contribution in [0.25, 0.3) is 0 Å². The number of hydrogen-bond donors (Lipinski definition) is 3. The lowest BCUT2D eigenvalue weighted by atomic mass is 10.1. The van der Waals surface area contributed by atoms with Crippen molar-refractivity contribution in [2.24, 2.45) is 0 Å². The van der Waals surface area contributed by atoms with Crippen LogP contribution in [0.15, 0.2) is 114 Å². The number of halogens is 1. The lowest BCUT2D eigenvalue weighted by molar-refractivity contribution is -0.115. The molecule has 232 valence electrons. The summed E-state index contributed by atoms with van der Waals surface area (Å²) in [5.74, 6) is -1.82. The summed E-state index contributed by atoms with van der Waals surface area (Å²) in [5, 5.41) is 8.50. The van der Waals surface area contributed by atoms with Gasteiger partial charge in [-0.3, -0.25) is 14.4 Å². The first-order valence-electron chi connectivity index (χ1n) is 14.0. The van der Waals surface area contributed by atoms with Crippen LogP contribution < -0.4 is 16.0 Å². The first kappa shape index (κ1) is 32.5. The van der Waals surface area contributed by atoms with Crippen molar-refractivity contribution >= 4 is 74.8 Å². The Morgan fingerprint density at radius 3 is 2.11 bits per heavy atom. The quantitative estimate of drug-likeness (QED) is 0.102. The van der Waals surface area contributed by atoms with Crippen LogP contribution in [-0.2, 0) is 9.53 Å². The fraction of sp³-hybridized carbons (Fsp3) is 0.0857. The maximum atomic E-state index is 14.0. The van der Waals surface area contributed by atoms with Crippen molar-refractivity contribution in [3.05, 3.63) is 141 Å². The predicted octanol–water partition coefficient (Wildman–Crippen LogP) is 8.47. The lowest BCUT2D eigenvalue weighted by Crippen LogP contribution is -2.20. The topological polar surface area (TPSA) is 114 Å². The Kier molecular flexibility index (Phi) is 10.5. The van der Waals surface area contributed by atoms with Gasteiger partial charge in [-0.2, -0.15) is 0 Å². The molecular formula is C35H28ClN3O5S2. The number of esters is 1. The Bertz CT molecular complexity index is 1900. The minimum atomic E-state index is -0.755. The Hall–Kier alpha value is -4.90. The summed E-state index contributed by atoms with van der Waals surface area (Å²) in [4.78, 5) is 53.9. The SMILES string of the molecule is COC(=O)c1c(NC(=O)C(Sc2cccc(NC(=O)c3cccc(Cl)c3)c2)c2ccccc2)sc(C(=O)Nc2ccccc2)c1C. The molecule has 1 atom stereocenters. The van der Waals surface area contributed by atoms with Gasteiger partial charge in [0.15, 0.2) is 0 Å². The molecule has 3 amide bonds. The van der Waals surface area contributed by atoms with Gasteiger partial charge in [0.1, 0.15) is 10.3 Å². The van der Waals surface area contributed by atoms with E-state index in [1.807, 2.05) is 42.5 Å². The van der Waals surface area contributed by atoms with Crippen LogP contribution in [0.2, 0.25) is 5.02 Å². The number of methoxy groups -OCH3 is 1. The summed E-state index contributed by atoms with van der Waals surface area (Å²) in [7, 11) is 1.25. The molecule has 0 fully saturated rings. The lowest BCUT2D eigenvalue weighted by Gasteiger charge is -2.18. The summed E-state index contributed by atoms with van der Waals surface area (Å²) in [5.41, 5.74) is 2.77. The van der Waals surface area contributed by atoms with E-state index in [4.69, 9.17) is 16.3 Å². The second-order valence-electron chi connectivity index (χ2n) is 9.96. The van der Waals surface area contributed by atoms with E-state index in [-0.39, 0.29) is 21.3 Å². The van der Waals surface area contributed by atoms with E-state index >= 15 is 0 Å². The summed E-state index contributed by atoms with van der Waals surface area (Å²) >= 11 is 8.32. The van der Waals surface area contributed by atoms with Crippen molar-refractivity contribution < 1.29 is 23.9 Å². The van der Waals surface area contributed by atoms with Crippen LogP contribution in [0.3, 0.4) is 0 Å². The number of thiophene rings is 1. The standard InChI is InChI=1S/C35H28ClN3O5S2/c1-21-28(35(43)44-2)34(46-29(21)32(41)37-25-15-7-4-8-16-25)39-33(42)30(22-11-5-3-6-12-22)45-27-18-10-17-26(20-27)38-31(40)23-13-9-14-24(36)19-23/h3-20,30H,1-2H3,(H,37,41)(H,38,40)(H,39,42). The molecule has 0 aliphatic carbocycles. The number of nitrogens with one attached hydrogen (secondary N) is 3. The van der Waals surface area contributed by atoms with E-state index < -0.39 is 23.0 Å². The number of hydrogen-bond acceptors (Lipinski definition) is 7. The highest BCUT2D eigenvalue weighted by molar-refractivity contribution is 8.00. The monoisotopic (exact) mass is 669 g/mol. The number of para-hydroxylation sites is 1. The molecule has 5 aromatic rings. The Balaban J connectivity index is 1.41. The molecule has 8 nitrogen and oxygen atoms in total.